The Balaban J connectivity index is 1.87. The van der Waals surface area contributed by atoms with Gasteiger partial charge in [0, 0.05) is 25.7 Å². The summed E-state index contributed by atoms with van der Waals surface area (Å²) in [7, 11) is 0. The van der Waals surface area contributed by atoms with Crippen molar-refractivity contribution in [1.29, 1.82) is 0 Å². The lowest BCUT2D eigenvalue weighted by Crippen LogP contribution is -2.41. The highest BCUT2D eigenvalue weighted by Gasteiger charge is 2.32. The highest BCUT2D eigenvalue weighted by Crippen LogP contribution is 2.28. The van der Waals surface area contributed by atoms with Crippen molar-refractivity contribution in [3.63, 3.8) is 0 Å². The summed E-state index contributed by atoms with van der Waals surface area (Å²) in [6.45, 7) is 3.24. The molecular weight excluding hydrogens is 234 g/mol. The first-order valence-corrected chi connectivity index (χ1v) is 6.24. The van der Waals surface area contributed by atoms with Crippen molar-refractivity contribution in [2.45, 2.75) is 12.5 Å². The van der Waals surface area contributed by atoms with E-state index in [2.05, 4.69) is 21.1 Å². The van der Waals surface area contributed by atoms with Crippen molar-refractivity contribution in [2.75, 3.05) is 24.5 Å². The Bertz CT molecular complexity index is 468. The van der Waals surface area contributed by atoms with Gasteiger partial charge >= 0.3 is 0 Å². The number of nitrogens with zero attached hydrogens (tertiary/aromatic N) is 2. The van der Waals surface area contributed by atoms with E-state index in [1.54, 1.807) is 0 Å². The zero-order chi connectivity index (χ0) is 11.8. The Kier molecular flexibility index (Phi) is 2.70. The normalized spacial score (nSPS) is 26.9. The fraction of sp³-hybridized carbons (Fsp3) is 0.462. The van der Waals surface area contributed by atoms with E-state index in [0.29, 0.717) is 16.8 Å². The molecular formula is C13H14ClN3. The summed E-state index contributed by atoms with van der Waals surface area (Å²) in [5.41, 5.74) is 1.76. The first-order chi connectivity index (χ1) is 8.26. The van der Waals surface area contributed by atoms with Gasteiger partial charge in [0.15, 0.2) is 0 Å². The second-order valence-corrected chi connectivity index (χ2v) is 5.15. The molecule has 0 aliphatic carbocycles. The fourth-order valence-electron chi connectivity index (χ4n) is 2.75. The van der Waals surface area contributed by atoms with E-state index in [-0.39, 0.29) is 0 Å². The van der Waals surface area contributed by atoms with E-state index in [0.717, 1.165) is 31.2 Å². The van der Waals surface area contributed by atoms with Gasteiger partial charge in [0.25, 0.3) is 0 Å². The van der Waals surface area contributed by atoms with Crippen LogP contribution in [-0.2, 0) is 0 Å². The van der Waals surface area contributed by atoms with Gasteiger partial charge in [-0.25, -0.2) is 4.98 Å². The number of hydrogen-bond donors (Lipinski definition) is 1. The van der Waals surface area contributed by atoms with E-state index in [4.69, 9.17) is 18.0 Å². The molecule has 2 saturated heterocycles. The zero-order valence-electron chi connectivity index (χ0n) is 9.49. The molecule has 2 aliphatic heterocycles. The number of anilines is 1. The molecule has 2 fully saturated rings. The summed E-state index contributed by atoms with van der Waals surface area (Å²) in [5.74, 6) is 3.32. The van der Waals surface area contributed by atoms with Crippen LogP contribution in [0.15, 0.2) is 12.3 Å². The monoisotopic (exact) mass is 247 g/mol. The van der Waals surface area contributed by atoms with E-state index in [1.807, 2.05) is 12.3 Å². The number of rotatable bonds is 1. The summed E-state index contributed by atoms with van der Waals surface area (Å²) in [5, 5.41) is 3.94. The van der Waals surface area contributed by atoms with E-state index in [9.17, 15) is 0 Å². The van der Waals surface area contributed by atoms with Crippen LogP contribution in [0, 0.1) is 18.3 Å². The Hall–Kier alpha value is -1.24. The molecule has 0 amide bonds. The molecule has 2 bridgehead atoms. The minimum absolute atomic E-state index is 0.411. The fourth-order valence-corrected chi connectivity index (χ4v) is 2.91. The van der Waals surface area contributed by atoms with E-state index < -0.39 is 0 Å². The van der Waals surface area contributed by atoms with Crippen LogP contribution in [0.2, 0.25) is 5.15 Å². The smallest absolute Gasteiger partial charge is 0.144 e. The average molecular weight is 248 g/mol. The van der Waals surface area contributed by atoms with Crippen molar-refractivity contribution >= 4 is 17.3 Å². The third kappa shape index (κ3) is 1.99. The van der Waals surface area contributed by atoms with Crippen LogP contribution in [0.4, 0.5) is 5.69 Å². The maximum absolute atomic E-state index is 5.92. The van der Waals surface area contributed by atoms with Gasteiger partial charge in [-0.05, 0) is 18.4 Å². The van der Waals surface area contributed by atoms with Gasteiger partial charge < -0.3 is 10.2 Å². The zero-order valence-corrected chi connectivity index (χ0v) is 10.2. The average Bonchev–Trinajstić information content (AvgIpc) is 2.69. The van der Waals surface area contributed by atoms with Crippen molar-refractivity contribution < 1.29 is 0 Å². The Morgan fingerprint density at radius 2 is 2.41 bits per heavy atom. The third-order valence-electron chi connectivity index (χ3n) is 3.58. The molecule has 0 saturated carbocycles. The van der Waals surface area contributed by atoms with Crippen LogP contribution >= 0.6 is 11.6 Å². The van der Waals surface area contributed by atoms with Crippen LogP contribution in [0.5, 0.6) is 0 Å². The summed E-state index contributed by atoms with van der Waals surface area (Å²) >= 11 is 5.92. The molecule has 0 unspecified atom stereocenters. The molecule has 3 nitrogen and oxygen atoms in total. The number of hydrogen-bond acceptors (Lipinski definition) is 3. The minimum atomic E-state index is 0.411. The van der Waals surface area contributed by atoms with Gasteiger partial charge in [-0.15, -0.1) is 6.42 Å². The molecule has 1 N–H and O–H groups in total. The maximum Gasteiger partial charge on any atom is 0.144 e. The number of aromatic nitrogens is 1. The van der Waals surface area contributed by atoms with Gasteiger partial charge in [-0.2, -0.15) is 0 Å². The highest BCUT2D eigenvalue weighted by atomic mass is 35.5. The lowest BCUT2D eigenvalue weighted by molar-refractivity contribution is 0.474. The van der Waals surface area contributed by atoms with Gasteiger partial charge in [-0.1, -0.05) is 17.5 Å². The number of pyridine rings is 1. The van der Waals surface area contributed by atoms with Gasteiger partial charge in [0.2, 0.25) is 0 Å². The van der Waals surface area contributed by atoms with Crippen LogP contribution < -0.4 is 10.2 Å². The molecule has 4 heteroatoms. The number of terminal acetylenes is 1. The summed E-state index contributed by atoms with van der Waals surface area (Å²) in [6, 6.07) is 2.57. The lowest BCUT2D eigenvalue weighted by atomic mass is 9.99. The standard InChI is InChI=1S/C13H14ClN3/c1-2-10-4-12(6-16-13(10)14)17-7-9-3-11(8-17)15-5-9/h1,4,6,9,11,15H,3,5,7-8H2/t9-,11-/m1/s1. The number of halogens is 1. The molecule has 0 aromatic carbocycles. The number of piperidine rings is 1. The molecule has 1 aromatic heterocycles. The second kappa shape index (κ2) is 4.21. The minimum Gasteiger partial charge on any atom is -0.368 e. The van der Waals surface area contributed by atoms with Crippen LogP contribution in [0.1, 0.15) is 12.0 Å². The van der Waals surface area contributed by atoms with Gasteiger partial charge in [-0.3, -0.25) is 0 Å². The molecule has 3 heterocycles. The Labute approximate surface area is 106 Å². The van der Waals surface area contributed by atoms with Crippen LogP contribution in [0.3, 0.4) is 0 Å². The van der Waals surface area contributed by atoms with Crippen molar-refractivity contribution in [3.05, 3.63) is 23.0 Å². The van der Waals surface area contributed by atoms with Gasteiger partial charge in [0.05, 0.1) is 17.4 Å². The molecule has 2 aliphatic rings. The highest BCUT2D eigenvalue weighted by molar-refractivity contribution is 6.30. The molecule has 0 radical (unpaired) electrons. The molecule has 2 atom stereocenters. The molecule has 3 rings (SSSR count). The molecule has 0 spiro atoms. The predicted octanol–water partition coefficient (Wildman–Crippen LogP) is 1.51. The first-order valence-electron chi connectivity index (χ1n) is 5.87. The SMILES string of the molecule is C#Cc1cc(N2C[C@H]3CN[C@H](C3)C2)cnc1Cl. The Morgan fingerprint density at radius 3 is 3.18 bits per heavy atom. The number of nitrogens with one attached hydrogen (secondary N) is 1. The van der Waals surface area contributed by atoms with Crippen molar-refractivity contribution in [1.82, 2.24) is 10.3 Å². The summed E-state index contributed by atoms with van der Waals surface area (Å²) in [6.07, 6.45) is 8.52. The number of fused-ring (bicyclic) bond motifs is 2. The van der Waals surface area contributed by atoms with Gasteiger partial charge in [0.1, 0.15) is 5.15 Å². The maximum atomic E-state index is 5.92. The van der Waals surface area contributed by atoms with Crippen molar-refractivity contribution in [3.8, 4) is 12.3 Å². The molecule has 88 valence electrons. The largest absolute Gasteiger partial charge is 0.368 e. The quantitative estimate of drug-likeness (QED) is 0.603. The topological polar surface area (TPSA) is 28.2 Å². The predicted molar refractivity (Wildman–Crippen MR) is 69.3 cm³/mol. The Morgan fingerprint density at radius 1 is 1.53 bits per heavy atom. The molecule has 1 aromatic rings. The van der Waals surface area contributed by atoms with Crippen molar-refractivity contribution in [2.24, 2.45) is 5.92 Å². The van der Waals surface area contributed by atoms with E-state index in [1.165, 1.54) is 6.42 Å². The van der Waals surface area contributed by atoms with Crippen LogP contribution in [0.25, 0.3) is 0 Å². The van der Waals surface area contributed by atoms with Crippen LogP contribution in [-0.4, -0.2) is 30.7 Å². The molecule has 17 heavy (non-hydrogen) atoms. The summed E-state index contributed by atoms with van der Waals surface area (Å²) in [4.78, 5) is 6.51. The third-order valence-corrected chi connectivity index (χ3v) is 3.88. The van der Waals surface area contributed by atoms with E-state index >= 15 is 0 Å². The first kappa shape index (κ1) is 10.9. The lowest BCUT2D eigenvalue weighted by Gasteiger charge is -2.32. The second-order valence-electron chi connectivity index (χ2n) is 4.79. The summed E-state index contributed by atoms with van der Waals surface area (Å²) < 4.78 is 0.